The largest absolute Gasteiger partial charge is 0.494 e. The van der Waals surface area contributed by atoms with Crippen LogP contribution in [0, 0.1) is 5.82 Å². The Bertz CT molecular complexity index is 916. The molecule has 0 aliphatic heterocycles. The van der Waals surface area contributed by atoms with Gasteiger partial charge in [0.05, 0.1) is 6.61 Å². The minimum atomic E-state index is -0.430. The van der Waals surface area contributed by atoms with Gasteiger partial charge in [-0.05, 0) is 43.3 Å². The maximum absolute atomic E-state index is 13.6. The van der Waals surface area contributed by atoms with E-state index >= 15 is 0 Å². The van der Waals surface area contributed by atoms with Crippen LogP contribution < -0.4 is 15.6 Å². The van der Waals surface area contributed by atoms with Crippen molar-refractivity contribution in [2.75, 3.05) is 6.61 Å². The average molecular weight is 366 g/mol. The molecule has 0 saturated heterocycles. The molecule has 2 aromatic carbocycles. The zero-order valence-corrected chi connectivity index (χ0v) is 14.8. The summed E-state index contributed by atoms with van der Waals surface area (Å²) in [6, 6.07) is 15.2. The fourth-order valence-electron chi connectivity index (χ4n) is 2.42. The summed E-state index contributed by atoms with van der Waals surface area (Å²) in [5.74, 6) is 0.423. The second-order valence-electron chi connectivity index (χ2n) is 5.62. The van der Waals surface area contributed by atoms with E-state index in [-0.39, 0.29) is 18.1 Å². The number of hydrogen-bond acceptors (Lipinski definition) is 5. The van der Waals surface area contributed by atoms with E-state index < -0.39 is 5.91 Å². The van der Waals surface area contributed by atoms with Crippen LogP contribution in [0.25, 0.3) is 11.4 Å². The number of carbonyl (C=O) groups is 1. The van der Waals surface area contributed by atoms with E-state index in [1.165, 1.54) is 18.3 Å². The molecule has 0 spiro atoms. The predicted octanol–water partition coefficient (Wildman–Crippen LogP) is 3.12. The van der Waals surface area contributed by atoms with Crippen LogP contribution in [0.2, 0.25) is 0 Å². The van der Waals surface area contributed by atoms with Crippen LogP contribution in [-0.2, 0) is 6.54 Å². The van der Waals surface area contributed by atoms with Gasteiger partial charge in [0.15, 0.2) is 5.82 Å². The summed E-state index contributed by atoms with van der Waals surface area (Å²) in [6.45, 7) is 2.67. The van der Waals surface area contributed by atoms with Crippen molar-refractivity contribution in [2.45, 2.75) is 13.5 Å². The summed E-state index contributed by atoms with van der Waals surface area (Å²) >= 11 is 0. The molecule has 27 heavy (non-hydrogen) atoms. The Labute approximate surface area is 156 Å². The first-order chi connectivity index (χ1) is 13.2. The van der Waals surface area contributed by atoms with E-state index in [1.54, 1.807) is 18.2 Å². The molecule has 0 unspecified atom stereocenters. The van der Waals surface area contributed by atoms with Gasteiger partial charge >= 0.3 is 0 Å². The number of ether oxygens (including phenoxy) is 1. The maximum Gasteiger partial charge on any atom is 0.284 e. The number of nitrogens with zero attached hydrogens (tertiary/aromatic N) is 2. The number of carbonyl (C=O) groups excluding carboxylic acids is 1. The summed E-state index contributed by atoms with van der Waals surface area (Å²) < 4.78 is 19.0. The minimum absolute atomic E-state index is 0.162. The van der Waals surface area contributed by atoms with Crippen molar-refractivity contribution < 1.29 is 13.9 Å². The van der Waals surface area contributed by atoms with Gasteiger partial charge in [0.2, 0.25) is 0 Å². The third-order valence-corrected chi connectivity index (χ3v) is 3.75. The van der Waals surface area contributed by atoms with Gasteiger partial charge in [-0.1, -0.05) is 18.2 Å². The van der Waals surface area contributed by atoms with Crippen molar-refractivity contribution in [1.82, 2.24) is 20.8 Å². The standard InChI is InChI=1S/C20H19FN4O2/c1-2-27-16-9-7-14(8-10-16)19-22-12-11-18(24-19)20(26)25-23-13-15-5-3-4-6-17(15)21/h3-12,23H,2,13H2,1H3,(H,25,26). The van der Waals surface area contributed by atoms with Crippen LogP contribution in [0.5, 0.6) is 5.75 Å². The molecule has 138 valence electrons. The van der Waals surface area contributed by atoms with Gasteiger partial charge in [-0.2, -0.15) is 0 Å². The van der Waals surface area contributed by atoms with Crippen LogP contribution in [0.4, 0.5) is 4.39 Å². The molecule has 2 N–H and O–H groups in total. The SMILES string of the molecule is CCOc1ccc(-c2nccc(C(=O)NNCc3ccccc3F)n2)cc1. The molecule has 0 fully saturated rings. The molecule has 0 saturated carbocycles. The number of aromatic nitrogens is 2. The Hall–Kier alpha value is -3.32. The van der Waals surface area contributed by atoms with Gasteiger partial charge < -0.3 is 4.74 Å². The van der Waals surface area contributed by atoms with Crippen LogP contribution in [0.1, 0.15) is 23.0 Å². The lowest BCUT2D eigenvalue weighted by Crippen LogP contribution is -2.37. The number of benzene rings is 2. The first kappa shape index (κ1) is 18.5. The van der Waals surface area contributed by atoms with Gasteiger partial charge in [-0.25, -0.2) is 19.8 Å². The second-order valence-corrected chi connectivity index (χ2v) is 5.62. The van der Waals surface area contributed by atoms with Gasteiger partial charge in [0.25, 0.3) is 5.91 Å². The van der Waals surface area contributed by atoms with Crippen LogP contribution in [-0.4, -0.2) is 22.5 Å². The molecule has 1 aromatic heterocycles. The first-order valence-electron chi connectivity index (χ1n) is 8.50. The number of amides is 1. The maximum atomic E-state index is 13.6. The molecular weight excluding hydrogens is 347 g/mol. The number of hydrogen-bond donors (Lipinski definition) is 2. The molecule has 0 aliphatic carbocycles. The van der Waals surface area contributed by atoms with Crippen LogP contribution in [0.3, 0.4) is 0 Å². The highest BCUT2D eigenvalue weighted by Gasteiger charge is 2.10. The van der Waals surface area contributed by atoms with Crippen LogP contribution in [0.15, 0.2) is 60.8 Å². The molecule has 0 aliphatic rings. The van der Waals surface area contributed by atoms with E-state index in [0.29, 0.717) is 18.0 Å². The monoisotopic (exact) mass is 366 g/mol. The van der Waals surface area contributed by atoms with E-state index in [4.69, 9.17) is 4.74 Å². The van der Waals surface area contributed by atoms with Gasteiger partial charge in [0.1, 0.15) is 17.3 Å². The zero-order chi connectivity index (χ0) is 19.1. The van der Waals surface area contributed by atoms with Crippen molar-refractivity contribution in [3.8, 4) is 17.1 Å². The normalized spacial score (nSPS) is 10.4. The molecule has 3 aromatic rings. The highest BCUT2D eigenvalue weighted by Crippen LogP contribution is 2.19. The molecule has 1 amide bonds. The van der Waals surface area contributed by atoms with Crippen molar-refractivity contribution >= 4 is 5.91 Å². The molecule has 0 bridgehead atoms. The molecular formula is C20H19FN4O2. The van der Waals surface area contributed by atoms with Crippen molar-refractivity contribution in [2.24, 2.45) is 0 Å². The molecule has 6 nitrogen and oxygen atoms in total. The predicted molar refractivity (Wildman–Crippen MR) is 99.3 cm³/mol. The third-order valence-electron chi connectivity index (χ3n) is 3.75. The Kier molecular flexibility index (Phi) is 6.06. The minimum Gasteiger partial charge on any atom is -0.494 e. The van der Waals surface area contributed by atoms with Crippen molar-refractivity contribution in [3.05, 3.63) is 77.9 Å². The molecule has 1 heterocycles. The Morgan fingerprint density at radius 3 is 2.63 bits per heavy atom. The van der Waals surface area contributed by atoms with Gasteiger partial charge in [0, 0.05) is 23.9 Å². The lowest BCUT2D eigenvalue weighted by atomic mass is 10.2. The number of hydrazine groups is 1. The number of halogens is 1. The summed E-state index contributed by atoms with van der Waals surface area (Å²) in [5, 5.41) is 0. The van der Waals surface area contributed by atoms with E-state index in [0.717, 1.165) is 11.3 Å². The van der Waals surface area contributed by atoms with Gasteiger partial charge in [-0.3, -0.25) is 10.2 Å². The summed E-state index contributed by atoms with van der Waals surface area (Å²) in [6.07, 6.45) is 1.52. The summed E-state index contributed by atoms with van der Waals surface area (Å²) in [4.78, 5) is 20.8. The van der Waals surface area contributed by atoms with Crippen LogP contribution >= 0.6 is 0 Å². The Morgan fingerprint density at radius 2 is 1.89 bits per heavy atom. The Balaban J connectivity index is 1.64. The third kappa shape index (κ3) is 4.86. The molecule has 0 radical (unpaired) electrons. The Morgan fingerprint density at radius 1 is 1.11 bits per heavy atom. The molecule has 3 rings (SSSR count). The lowest BCUT2D eigenvalue weighted by molar-refractivity contribution is 0.0927. The molecule has 0 atom stereocenters. The van der Waals surface area contributed by atoms with E-state index in [9.17, 15) is 9.18 Å². The quantitative estimate of drug-likeness (QED) is 0.629. The highest BCUT2D eigenvalue weighted by atomic mass is 19.1. The highest BCUT2D eigenvalue weighted by molar-refractivity contribution is 5.92. The lowest BCUT2D eigenvalue weighted by Gasteiger charge is -2.08. The molecule has 7 heteroatoms. The van der Waals surface area contributed by atoms with Crippen molar-refractivity contribution in [3.63, 3.8) is 0 Å². The van der Waals surface area contributed by atoms with Gasteiger partial charge in [-0.15, -0.1) is 0 Å². The second kappa shape index (κ2) is 8.86. The smallest absolute Gasteiger partial charge is 0.284 e. The zero-order valence-electron chi connectivity index (χ0n) is 14.8. The topological polar surface area (TPSA) is 76.1 Å². The number of rotatable bonds is 7. The van der Waals surface area contributed by atoms with E-state index in [2.05, 4.69) is 20.8 Å². The first-order valence-corrected chi connectivity index (χ1v) is 8.50. The van der Waals surface area contributed by atoms with E-state index in [1.807, 2.05) is 31.2 Å². The average Bonchev–Trinajstić information content (AvgIpc) is 2.70. The number of nitrogens with one attached hydrogen (secondary N) is 2. The fourth-order valence-corrected chi connectivity index (χ4v) is 2.42. The fraction of sp³-hybridized carbons (Fsp3) is 0.150. The summed E-state index contributed by atoms with van der Waals surface area (Å²) in [5.41, 5.74) is 6.65. The van der Waals surface area contributed by atoms with Crippen molar-refractivity contribution in [1.29, 1.82) is 0 Å². The summed E-state index contributed by atoms with van der Waals surface area (Å²) in [7, 11) is 0.